The van der Waals surface area contributed by atoms with Crippen molar-refractivity contribution in [1.29, 1.82) is 5.26 Å². The number of aromatic nitrogens is 3. The number of nitriles is 1. The van der Waals surface area contributed by atoms with Crippen molar-refractivity contribution in [3.05, 3.63) is 10.5 Å². The van der Waals surface area contributed by atoms with E-state index in [0.717, 1.165) is 12.8 Å². The van der Waals surface area contributed by atoms with E-state index in [1.54, 1.807) is 11.5 Å². The molecule has 1 amide bonds. The van der Waals surface area contributed by atoms with Gasteiger partial charge in [0.05, 0.1) is 11.8 Å². The second-order valence-electron chi connectivity index (χ2n) is 5.72. The molecule has 1 saturated carbocycles. The molecular weight excluding hydrogens is 290 g/mol. The Hall–Kier alpha value is -1.75. The van der Waals surface area contributed by atoms with E-state index in [4.69, 9.17) is 0 Å². The van der Waals surface area contributed by atoms with E-state index in [9.17, 15) is 14.9 Å². The van der Waals surface area contributed by atoms with Gasteiger partial charge in [0, 0.05) is 6.04 Å². The predicted octanol–water partition coefficient (Wildman–Crippen LogP) is 1.05. The molecular formula is C13H19N5O2S. The van der Waals surface area contributed by atoms with Gasteiger partial charge in [-0.25, -0.2) is 9.89 Å². The van der Waals surface area contributed by atoms with Gasteiger partial charge >= 0.3 is 5.69 Å². The fourth-order valence-electron chi connectivity index (χ4n) is 1.80. The summed E-state index contributed by atoms with van der Waals surface area (Å²) in [4.78, 5) is 23.6. The highest BCUT2D eigenvalue weighted by Gasteiger charge is 2.31. The van der Waals surface area contributed by atoms with Crippen molar-refractivity contribution >= 4 is 17.7 Å². The summed E-state index contributed by atoms with van der Waals surface area (Å²) in [6.45, 7) is 5.47. The van der Waals surface area contributed by atoms with Gasteiger partial charge in [-0.3, -0.25) is 9.36 Å². The number of thioether (sulfide) groups is 1. The Kier molecular flexibility index (Phi) is 4.42. The molecule has 114 valence electrons. The molecule has 1 aliphatic rings. The molecule has 1 aromatic heterocycles. The fourth-order valence-corrected chi connectivity index (χ4v) is 2.62. The van der Waals surface area contributed by atoms with Crippen LogP contribution in [0.5, 0.6) is 0 Å². The SMILES string of the molecule is CC(C)[C@@](C)(C#N)NC(=O)CSc1n[nH]c(=O)n1C1CC1. The van der Waals surface area contributed by atoms with E-state index in [1.165, 1.54) is 11.8 Å². The Morgan fingerprint density at radius 1 is 1.67 bits per heavy atom. The van der Waals surface area contributed by atoms with Crippen molar-refractivity contribution in [3.8, 4) is 6.07 Å². The van der Waals surface area contributed by atoms with Crippen LogP contribution in [0.2, 0.25) is 0 Å². The van der Waals surface area contributed by atoms with Gasteiger partial charge in [0.2, 0.25) is 5.91 Å². The number of nitrogens with one attached hydrogen (secondary N) is 2. The van der Waals surface area contributed by atoms with Crippen molar-refractivity contribution in [2.45, 2.75) is 50.4 Å². The summed E-state index contributed by atoms with van der Waals surface area (Å²) in [6.07, 6.45) is 1.94. The molecule has 1 heterocycles. The van der Waals surface area contributed by atoms with Crippen LogP contribution in [-0.2, 0) is 4.79 Å². The predicted molar refractivity (Wildman–Crippen MR) is 78.8 cm³/mol. The number of aromatic amines is 1. The van der Waals surface area contributed by atoms with Crippen LogP contribution in [0.15, 0.2) is 9.95 Å². The summed E-state index contributed by atoms with van der Waals surface area (Å²) in [5.41, 5.74) is -1.12. The molecule has 0 aromatic carbocycles. The molecule has 0 unspecified atom stereocenters. The maximum atomic E-state index is 12.0. The molecule has 0 bridgehead atoms. The van der Waals surface area contributed by atoms with E-state index in [1.807, 2.05) is 13.8 Å². The topological polar surface area (TPSA) is 104 Å². The van der Waals surface area contributed by atoms with Crippen LogP contribution in [0.25, 0.3) is 0 Å². The molecule has 2 N–H and O–H groups in total. The Labute approximate surface area is 127 Å². The van der Waals surface area contributed by atoms with Crippen LogP contribution in [0.3, 0.4) is 0 Å². The molecule has 0 spiro atoms. The first-order chi connectivity index (χ1) is 9.87. The lowest BCUT2D eigenvalue weighted by Crippen LogP contribution is -2.49. The molecule has 0 aliphatic heterocycles. The molecule has 21 heavy (non-hydrogen) atoms. The van der Waals surface area contributed by atoms with Crippen LogP contribution >= 0.6 is 11.8 Å². The normalized spacial score (nSPS) is 17.3. The molecule has 1 atom stereocenters. The molecule has 0 saturated heterocycles. The second kappa shape index (κ2) is 5.93. The molecule has 8 heteroatoms. The number of H-pyrrole nitrogens is 1. The lowest BCUT2D eigenvalue weighted by molar-refractivity contribution is -0.120. The number of hydrogen-bond donors (Lipinski definition) is 2. The summed E-state index contributed by atoms with van der Waals surface area (Å²) in [5.74, 6) is -0.108. The van der Waals surface area contributed by atoms with Gasteiger partial charge in [-0.2, -0.15) is 5.26 Å². The number of nitrogens with zero attached hydrogens (tertiary/aromatic N) is 3. The second-order valence-corrected chi connectivity index (χ2v) is 6.66. The lowest BCUT2D eigenvalue weighted by atomic mass is 9.90. The summed E-state index contributed by atoms with van der Waals surface area (Å²) < 4.78 is 1.60. The van der Waals surface area contributed by atoms with Crippen LogP contribution < -0.4 is 11.0 Å². The third kappa shape index (κ3) is 3.47. The van der Waals surface area contributed by atoms with Crippen molar-refractivity contribution in [3.63, 3.8) is 0 Å². The smallest absolute Gasteiger partial charge is 0.337 e. The van der Waals surface area contributed by atoms with E-state index >= 15 is 0 Å². The van der Waals surface area contributed by atoms with Gasteiger partial charge in [0.1, 0.15) is 5.54 Å². The Balaban J connectivity index is 1.96. The first kappa shape index (κ1) is 15.6. The highest BCUT2D eigenvalue weighted by molar-refractivity contribution is 7.99. The minimum atomic E-state index is -0.890. The summed E-state index contributed by atoms with van der Waals surface area (Å²) in [6, 6.07) is 2.34. The molecule has 7 nitrogen and oxygen atoms in total. The highest BCUT2D eigenvalue weighted by Crippen LogP contribution is 2.35. The van der Waals surface area contributed by atoms with Crippen molar-refractivity contribution in [2.24, 2.45) is 5.92 Å². The van der Waals surface area contributed by atoms with Crippen LogP contribution in [0, 0.1) is 17.2 Å². The third-order valence-electron chi connectivity index (χ3n) is 3.70. The Morgan fingerprint density at radius 2 is 2.33 bits per heavy atom. The van der Waals surface area contributed by atoms with Crippen LogP contribution in [0.4, 0.5) is 0 Å². The Morgan fingerprint density at radius 3 is 2.86 bits per heavy atom. The largest absolute Gasteiger partial charge is 0.344 e. The van der Waals surface area contributed by atoms with Gasteiger partial charge in [-0.1, -0.05) is 25.6 Å². The molecule has 1 fully saturated rings. The standard InChI is InChI=1S/C13H19N5O2S/c1-8(2)13(3,7-14)15-10(19)6-21-12-17-16-11(20)18(12)9-4-5-9/h8-9H,4-6H2,1-3H3,(H,15,19)(H,16,20)/t13-/m1/s1. The summed E-state index contributed by atoms with van der Waals surface area (Å²) >= 11 is 1.21. The molecule has 0 radical (unpaired) electrons. The molecule has 1 aliphatic carbocycles. The minimum absolute atomic E-state index is 0.00600. The average molecular weight is 309 g/mol. The monoisotopic (exact) mass is 309 g/mol. The van der Waals surface area contributed by atoms with Crippen molar-refractivity contribution in [2.75, 3.05) is 5.75 Å². The lowest BCUT2D eigenvalue weighted by Gasteiger charge is -2.27. The van der Waals surface area contributed by atoms with Crippen molar-refractivity contribution < 1.29 is 4.79 Å². The highest BCUT2D eigenvalue weighted by atomic mass is 32.2. The molecule has 2 rings (SSSR count). The molecule has 1 aromatic rings. The van der Waals surface area contributed by atoms with Crippen LogP contribution in [-0.4, -0.2) is 32.0 Å². The zero-order valence-corrected chi connectivity index (χ0v) is 13.2. The number of carbonyl (C=O) groups is 1. The minimum Gasteiger partial charge on any atom is -0.337 e. The number of amides is 1. The average Bonchev–Trinajstić information content (AvgIpc) is 3.20. The van der Waals surface area contributed by atoms with E-state index in [2.05, 4.69) is 21.6 Å². The van der Waals surface area contributed by atoms with Gasteiger partial charge in [0.15, 0.2) is 5.16 Å². The number of carbonyl (C=O) groups excluding carboxylic acids is 1. The fraction of sp³-hybridized carbons (Fsp3) is 0.692. The summed E-state index contributed by atoms with van der Waals surface area (Å²) in [5, 5.41) is 18.8. The van der Waals surface area contributed by atoms with Crippen molar-refractivity contribution in [1.82, 2.24) is 20.1 Å². The maximum Gasteiger partial charge on any atom is 0.344 e. The van der Waals surface area contributed by atoms with E-state index in [0.29, 0.717) is 5.16 Å². The third-order valence-corrected chi connectivity index (χ3v) is 4.66. The van der Waals surface area contributed by atoms with Gasteiger partial charge in [-0.15, -0.1) is 5.10 Å². The summed E-state index contributed by atoms with van der Waals surface area (Å²) in [7, 11) is 0. The van der Waals surface area contributed by atoms with E-state index < -0.39 is 5.54 Å². The first-order valence-electron chi connectivity index (χ1n) is 6.89. The first-order valence-corrected chi connectivity index (χ1v) is 7.88. The number of hydrogen-bond acceptors (Lipinski definition) is 5. The Bertz CT molecular complexity index is 625. The van der Waals surface area contributed by atoms with Gasteiger partial charge in [0.25, 0.3) is 0 Å². The van der Waals surface area contributed by atoms with Gasteiger partial charge in [-0.05, 0) is 25.7 Å². The van der Waals surface area contributed by atoms with Crippen LogP contribution in [0.1, 0.15) is 39.7 Å². The number of rotatable bonds is 6. The van der Waals surface area contributed by atoms with Gasteiger partial charge < -0.3 is 5.32 Å². The zero-order chi connectivity index (χ0) is 15.6. The maximum absolute atomic E-state index is 12.0. The quantitative estimate of drug-likeness (QED) is 0.765. The van der Waals surface area contributed by atoms with E-state index in [-0.39, 0.29) is 29.3 Å². The zero-order valence-electron chi connectivity index (χ0n) is 12.3.